The second-order valence-corrected chi connectivity index (χ2v) is 4.72. The van der Waals surface area contributed by atoms with E-state index in [9.17, 15) is 9.59 Å². The van der Waals surface area contributed by atoms with Gasteiger partial charge >= 0.3 is 5.97 Å². The van der Waals surface area contributed by atoms with E-state index in [0.717, 1.165) is 11.3 Å². The quantitative estimate of drug-likeness (QED) is 0.848. The standard InChI is InChI=1S/C15H17NO4/c1-20-13-4-2-3-11(9-13)5-6-14(17)16-8-7-12(10-16)15(18)19/h2-6,9,12H,7-8,10H2,1H3,(H,18,19)/b6-5+. The zero-order chi connectivity index (χ0) is 14.5. The van der Waals surface area contributed by atoms with Crippen molar-refractivity contribution in [3.63, 3.8) is 0 Å². The third-order valence-corrected chi connectivity index (χ3v) is 3.36. The van der Waals surface area contributed by atoms with E-state index in [-0.39, 0.29) is 12.5 Å². The van der Waals surface area contributed by atoms with E-state index in [2.05, 4.69) is 0 Å². The van der Waals surface area contributed by atoms with Crippen LogP contribution in [0.1, 0.15) is 12.0 Å². The minimum absolute atomic E-state index is 0.156. The summed E-state index contributed by atoms with van der Waals surface area (Å²) in [7, 11) is 1.59. The molecule has 5 nitrogen and oxygen atoms in total. The Hall–Kier alpha value is -2.30. The Morgan fingerprint density at radius 1 is 1.45 bits per heavy atom. The molecule has 1 N–H and O–H groups in total. The van der Waals surface area contributed by atoms with E-state index in [0.29, 0.717) is 13.0 Å². The molecule has 2 rings (SSSR count). The predicted molar refractivity (Wildman–Crippen MR) is 74.4 cm³/mol. The third kappa shape index (κ3) is 3.38. The van der Waals surface area contributed by atoms with E-state index >= 15 is 0 Å². The van der Waals surface area contributed by atoms with Gasteiger partial charge in [-0.1, -0.05) is 12.1 Å². The fourth-order valence-corrected chi connectivity index (χ4v) is 2.18. The number of carbonyl (C=O) groups excluding carboxylic acids is 1. The molecule has 0 spiro atoms. The number of amides is 1. The van der Waals surface area contributed by atoms with Crippen LogP contribution in [-0.2, 0) is 9.59 Å². The summed E-state index contributed by atoms with van der Waals surface area (Å²) in [5, 5.41) is 8.91. The van der Waals surface area contributed by atoms with Gasteiger partial charge in [-0.3, -0.25) is 9.59 Å². The number of methoxy groups -OCH3 is 1. The zero-order valence-corrected chi connectivity index (χ0v) is 11.3. The van der Waals surface area contributed by atoms with Gasteiger partial charge in [0.15, 0.2) is 0 Å². The van der Waals surface area contributed by atoms with E-state index in [1.54, 1.807) is 18.1 Å². The maximum Gasteiger partial charge on any atom is 0.308 e. The van der Waals surface area contributed by atoms with Crippen LogP contribution in [0.3, 0.4) is 0 Å². The lowest BCUT2D eigenvalue weighted by atomic mass is 10.1. The van der Waals surface area contributed by atoms with Gasteiger partial charge in [0.1, 0.15) is 5.75 Å². The summed E-state index contributed by atoms with van der Waals surface area (Å²) < 4.78 is 5.11. The number of carboxylic acid groups (broad SMARTS) is 1. The number of ether oxygens (including phenoxy) is 1. The molecule has 1 aliphatic rings. The number of carbonyl (C=O) groups is 2. The molecule has 1 unspecified atom stereocenters. The van der Waals surface area contributed by atoms with Crippen molar-refractivity contribution in [1.29, 1.82) is 0 Å². The Morgan fingerprint density at radius 3 is 2.90 bits per heavy atom. The molecule has 106 valence electrons. The predicted octanol–water partition coefficient (Wildman–Crippen LogP) is 1.64. The first-order chi connectivity index (χ1) is 9.60. The van der Waals surface area contributed by atoms with E-state index < -0.39 is 11.9 Å². The minimum Gasteiger partial charge on any atom is -0.497 e. The van der Waals surface area contributed by atoms with Crippen molar-refractivity contribution in [3.05, 3.63) is 35.9 Å². The van der Waals surface area contributed by atoms with Crippen molar-refractivity contribution in [3.8, 4) is 5.75 Å². The Morgan fingerprint density at radius 2 is 2.25 bits per heavy atom. The number of rotatable bonds is 4. The second-order valence-electron chi connectivity index (χ2n) is 4.72. The van der Waals surface area contributed by atoms with Crippen LogP contribution < -0.4 is 4.74 Å². The van der Waals surface area contributed by atoms with Crippen molar-refractivity contribution >= 4 is 18.0 Å². The van der Waals surface area contributed by atoms with Gasteiger partial charge < -0.3 is 14.7 Å². The van der Waals surface area contributed by atoms with Gasteiger partial charge in [0.05, 0.1) is 13.0 Å². The summed E-state index contributed by atoms with van der Waals surface area (Å²) in [6.07, 6.45) is 3.70. The molecule has 1 amide bonds. The molecule has 0 saturated carbocycles. The topological polar surface area (TPSA) is 66.8 Å². The molecule has 1 aromatic rings. The normalized spacial score (nSPS) is 18.4. The molecule has 20 heavy (non-hydrogen) atoms. The van der Waals surface area contributed by atoms with Crippen LogP contribution in [0.4, 0.5) is 0 Å². The molecule has 1 fully saturated rings. The van der Waals surface area contributed by atoms with Gasteiger partial charge in [-0.15, -0.1) is 0 Å². The summed E-state index contributed by atoms with van der Waals surface area (Å²) in [5.41, 5.74) is 0.867. The Balaban J connectivity index is 1.97. The van der Waals surface area contributed by atoms with Gasteiger partial charge in [0, 0.05) is 19.2 Å². The number of hydrogen-bond acceptors (Lipinski definition) is 3. The van der Waals surface area contributed by atoms with Crippen molar-refractivity contribution < 1.29 is 19.4 Å². The van der Waals surface area contributed by atoms with E-state index in [1.807, 2.05) is 24.3 Å². The van der Waals surface area contributed by atoms with Gasteiger partial charge in [-0.25, -0.2) is 0 Å². The fraction of sp³-hybridized carbons (Fsp3) is 0.333. The van der Waals surface area contributed by atoms with Crippen LogP contribution in [0, 0.1) is 5.92 Å². The van der Waals surface area contributed by atoms with E-state index in [4.69, 9.17) is 9.84 Å². The van der Waals surface area contributed by atoms with Crippen molar-refractivity contribution in [2.45, 2.75) is 6.42 Å². The number of aliphatic carboxylic acids is 1. The highest BCUT2D eigenvalue weighted by atomic mass is 16.5. The average molecular weight is 275 g/mol. The lowest BCUT2D eigenvalue weighted by Gasteiger charge is -2.12. The number of carboxylic acids is 1. The van der Waals surface area contributed by atoms with E-state index in [1.165, 1.54) is 6.08 Å². The third-order valence-electron chi connectivity index (χ3n) is 3.36. The number of nitrogens with zero attached hydrogens (tertiary/aromatic N) is 1. The molecule has 0 aromatic heterocycles. The summed E-state index contributed by atoms with van der Waals surface area (Å²) in [6.45, 7) is 0.787. The summed E-state index contributed by atoms with van der Waals surface area (Å²) in [5.74, 6) is -0.704. The average Bonchev–Trinajstić information content (AvgIpc) is 2.95. The fourth-order valence-electron chi connectivity index (χ4n) is 2.18. The molecule has 1 aromatic carbocycles. The maximum atomic E-state index is 12.0. The first-order valence-corrected chi connectivity index (χ1v) is 6.44. The van der Waals surface area contributed by atoms with Gasteiger partial charge in [0.25, 0.3) is 0 Å². The molecule has 1 heterocycles. The van der Waals surface area contributed by atoms with Crippen LogP contribution in [0.25, 0.3) is 6.08 Å². The van der Waals surface area contributed by atoms with Crippen LogP contribution >= 0.6 is 0 Å². The smallest absolute Gasteiger partial charge is 0.308 e. The Labute approximate surface area is 117 Å². The summed E-state index contributed by atoms with van der Waals surface area (Å²) >= 11 is 0. The van der Waals surface area contributed by atoms with Gasteiger partial charge in [-0.05, 0) is 30.2 Å². The monoisotopic (exact) mass is 275 g/mol. The molecule has 1 atom stereocenters. The van der Waals surface area contributed by atoms with Crippen LogP contribution in [0.15, 0.2) is 30.3 Å². The highest BCUT2D eigenvalue weighted by molar-refractivity contribution is 5.92. The second kappa shape index (κ2) is 6.23. The lowest BCUT2D eigenvalue weighted by molar-refractivity contribution is -0.141. The highest BCUT2D eigenvalue weighted by Gasteiger charge is 2.29. The number of hydrogen-bond donors (Lipinski definition) is 1. The first-order valence-electron chi connectivity index (χ1n) is 6.44. The molecular weight excluding hydrogens is 258 g/mol. The molecule has 1 saturated heterocycles. The summed E-state index contributed by atoms with van der Waals surface area (Å²) in [6, 6.07) is 7.38. The molecule has 5 heteroatoms. The van der Waals surface area contributed by atoms with Gasteiger partial charge in [0.2, 0.25) is 5.91 Å². The molecular formula is C15H17NO4. The Kier molecular flexibility index (Phi) is 4.40. The van der Waals surface area contributed by atoms with Crippen LogP contribution in [0.5, 0.6) is 5.75 Å². The van der Waals surface area contributed by atoms with Gasteiger partial charge in [-0.2, -0.15) is 0 Å². The molecule has 0 radical (unpaired) electrons. The van der Waals surface area contributed by atoms with Crippen molar-refractivity contribution in [2.24, 2.45) is 5.92 Å². The van der Waals surface area contributed by atoms with Crippen LogP contribution in [-0.4, -0.2) is 42.1 Å². The first kappa shape index (κ1) is 14.1. The highest BCUT2D eigenvalue weighted by Crippen LogP contribution is 2.17. The van der Waals surface area contributed by atoms with Crippen molar-refractivity contribution in [2.75, 3.05) is 20.2 Å². The molecule has 1 aliphatic heterocycles. The SMILES string of the molecule is COc1cccc(/C=C/C(=O)N2CCC(C(=O)O)C2)c1. The summed E-state index contributed by atoms with van der Waals surface area (Å²) in [4.78, 5) is 24.4. The number of benzene rings is 1. The van der Waals surface area contributed by atoms with Crippen molar-refractivity contribution in [1.82, 2.24) is 4.90 Å². The van der Waals surface area contributed by atoms with Crippen LogP contribution in [0.2, 0.25) is 0 Å². The minimum atomic E-state index is -0.836. The largest absolute Gasteiger partial charge is 0.497 e. The molecule has 0 bridgehead atoms. The molecule has 0 aliphatic carbocycles. The number of likely N-dealkylation sites (tertiary alicyclic amines) is 1. The lowest BCUT2D eigenvalue weighted by Crippen LogP contribution is -2.28. The zero-order valence-electron chi connectivity index (χ0n) is 11.3. The maximum absolute atomic E-state index is 12.0. The Bertz CT molecular complexity index is 538.